The highest BCUT2D eigenvalue weighted by molar-refractivity contribution is 8.13. The third kappa shape index (κ3) is 3.98. The first-order valence-corrected chi connectivity index (χ1v) is 4.57. The van der Waals surface area contributed by atoms with Crippen LogP contribution in [-0.2, 0) is 0 Å². The normalized spacial score (nSPS) is 11.1. The van der Waals surface area contributed by atoms with Crippen molar-refractivity contribution in [1.29, 1.82) is 0 Å². The first-order chi connectivity index (χ1) is 5.11. The Kier molecular flexibility index (Phi) is 4.86. The van der Waals surface area contributed by atoms with Crippen LogP contribution >= 0.6 is 11.8 Å². The highest BCUT2D eigenvalue weighted by Gasteiger charge is 1.92. The highest BCUT2D eigenvalue weighted by atomic mass is 32.2. The van der Waals surface area contributed by atoms with E-state index in [0.717, 1.165) is 10.9 Å². The molecule has 0 saturated carbocycles. The molecule has 2 nitrogen and oxygen atoms in total. The monoisotopic (exact) mass is 170 g/mol. The lowest BCUT2D eigenvalue weighted by atomic mass is 10.3. The van der Waals surface area contributed by atoms with E-state index in [9.17, 15) is 0 Å². The number of thioether (sulfide) groups is 1. The van der Waals surface area contributed by atoms with Gasteiger partial charge in [-0.2, -0.15) is 0 Å². The van der Waals surface area contributed by atoms with Crippen LogP contribution in [-0.4, -0.2) is 18.1 Å². The van der Waals surface area contributed by atoms with Crippen molar-refractivity contribution in [3.8, 4) is 0 Å². The molecule has 0 aromatic carbocycles. The summed E-state index contributed by atoms with van der Waals surface area (Å²) in [5.41, 5.74) is 2.22. The van der Waals surface area contributed by atoms with Gasteiger partial charge in [0.25, 0.3) is 0 Å². The van der Waals surface area contributed by atoms with Crippen molar-refractivity contribution in [1.82, 2.24) is 0 Å². The van der Waals surface area contributed by atoms with E-state index >= 15 is 0 Å². The molecule has 0 aliphatic rings. The van der Waals surface area contributed by atoms with Gasteiger partial charge in [0, 0.05) is 5.70 Å². The number of nitrogens with zero attached hydrogens (tertiary/aromatic N) is 2. The lowest BCUT2D eigenvalue weighted by molar-refractivity contribution is 1.19. The molecule has 0 spiro atoms. The largest absolute Gasteiger partial charge is 0.239 e. The summed E-state index contributed by atoms with van der Waals surface area (Å²) in [4.78, 5) is 8.00. The van der Waals surface area contributed by atoms with E-state index in [0.29, 0.717) is 0 Å². The molecule has 0 unspecified atom stereocenters. The van der Waals surface area contributed by atoms with Crippen LogP contribution < -0.4 is 0 Å². The van der Waals surface area contributed by atoms with Gasteiger partial charge in [0.2, 0.25) is 0 Å². The molecule has 0 saturated heterocycles. The second-order valence-corrected chi connectivity index (χ2v) is 3.12. The minimum Gasteiger partial charge on any atom is -0.239 e. The van der Waals surface area contributed by atoms with Crippen LogP contribution in [0.5, 0.6) is 0 Å². The summed E-state index contributed by atoms with van der Waals surface area (Å²) in [5.74, 6) is 0. The van der Waals surface area contributed by atoms with Crippen molar-refractivity contribution in [2.45, 2.75) is 20.8 Å². The number of hydrogen-bond donors (Lipinski definition) is 0. The number of amidine groups is 1. The molecule has 3 heteroatoms. The Balaban J connectivity index is 4.52. The Morgan fingerprint density at radius 3 is 2.09 bits per heavy atom. The molecule has 62 valence electrons. The lowest BCUT2D eigenvalue weighted by Gasteiger charge is -1.97. The van der Waals surface area contributed by atoms with Gasteiger partial charge < -0.3 is 0 Å². The van der Waals surface area contributed by atoms with Crippen LogP contribution in [0.1, 0.15) is 20.8 Å². The molecule has 0 aromatic rings. The summed E-state index contributed by atoms with van der Waals surface area (Å²) in [5, 5.41) is 0.726. The van der Waals surface area contributed by atoms with Gasteiger partial charge in [0.1, 0.15) is 0 Å². The molecule has 0 bridgehead atoms. The maximum Gasteiger partial charge on any atom is 0.186 e. The zero-order valence-corrected chi connectivity index (χ0v) is 8.33. The van der Waals surface area contributed by atoms with Gasteiger partial charge in [-0.25, -0.2) is 9.98 Å². The molecule has 0 atom stereocenters. The first-order valence-electron chi connectivity index (χ1n) is 3.35. The Bertz CT molecular complexity index is 200. The van der Waals surface area contributed by atoms with Crippen molar-refractivity contribution in [2.24, 2.45) is 9.98 Å². The van der Waals surface area contributed by atoms with Crippen molar-refractivity contribution in [2.75, 3.05) is 6.26 Å². The van der Waals surface area contributed by atoms with Gasteiger partial charge >= 0.3 is 0 Å². The van der Waals surface area contributed by atoms with Crippen molar-refractivity contribution in [3.05, 3.63) is 11.3 Å². The molecule has 0 radical (unpaired) electrons. The summed E-state index contributed by atoms with van der Waals surface area (Å²) in [6.07, 6.45) is 1.94. The van der Waals surface area contributed by atoms with Crippen LogP contribution in [0, 0.1) is 0 Å². The summed E-state index contributed by atoms with van der Waals surface area (Å²) in [6, 6.07) is 0. The van der Waals surface area contributed by atoms with Crippen LogP contribution in [0.2, 0.25) is 0 Å². The van der Waals surface area contributed by atoms with Gasteiger partial charge in [0.15, 0.2) is 5.17 Å². The number of hydrogen-bond acceptors (Lipinski definition) is 2. The topological polar surface area (TPSA) is 24.7 Å². The molecule has 11 heavy (non-hydrogen) atoms. The highest BCUT2D eigenvalue weighted by Crippen LogP contribution is 2.08. The fourth-order valence-corrected chi connectivity index (χ4v) is 0.758. The summed E-state index contributed by atoms with van der Waals surface area (Å²) >= 11 is 1.50. The van der Waals surface area contributed by atoms with Crippen molar-refractivity contribution in [3.63, 3.8) is 0 Å². The standard InChI is InChI=1S/C8H14N2S/c1-6(2)7(3)10-8(9-4)11-5/h4H2,1-3,5H3. The second kappa shape index (κ2) is 5.13. The molecule has 0 amide bonds. The van der Waals surface area contributed by atoms with Crippen LogP contribution in [0.25, 0.3) is 0 Å². The molecule has 0 aliphatic heterocycles. The second-order valence-electron chi connectivity index (χ2n) is 2.34. The van der Waals surface area contributed by atoms with Gasteiger partial charge in [-0.1, -0.05) is 17.3 Å². The van der Waals surface area contributed by atoms with Gasteiger partial charge in [0.05, 0.1) is 0 Å². The maximum absolute atomic E-state index is 4.24. The fourth-order valence-electron chi connectivity index (χ4n) is 0.401. The zero-order valence-electron chi connectivity index (χ0n) is 7.51. The molecule has 0 N–H and O–H groups in total. The Hall–Kier alpha value is -0.570. The van der Waals surface area contributed by atoms with Gasteiger partial charge in [-0.3, -0.25) is 0 Å². The molecular formula is C8H14N2S. The fraction of sp³-hybridized carbons (Fsp3) is 0.500. The summed E-state index contributed by atoms with van der Waals surface area (Å²) in [6.45, 7) is 9.44. The Morgan fingerprint density at radius 2 is 1.82 bits per heavy atom. The van der Waals surface area contributed by atoms with Gasteiger partial charge in [-0.05, 0) is 33.7 Å². The van der Waals surface area contributed by atoms with Crippen LogP contribution in [0.3, 0.4) is 0 Å². The number of allylic oxidation sites excluding steroid dienone is 2. The average Bonchev–Trinajstić information content (AvgIpc) is 1.99. The van der Waals surface area contributed by atoms with E-state index < -0.39 is 0 Å². The van der Waals surface area contributed by atoms with E-state index in [1.165, 1.54) is 17.3 Å². The number of aliphatic imine (C=N–C) groups is 2. The molecule has 0 fully saturated rings. The first kappa shape index (κ1) is 10.4. The predicted octanol–water partition coefficient (Wildman–Crippen LogP) is 2.72. The van der Waals surface area contributed by atoms with E-state index in [2.05, 4.69) is 16.7 Å². The van der Waals surface area contributed by atoms with E-state index in [-0.39, 0.29) is 0 Å². The third-order valence-electron chi connectivity index (χ3n) is 1.30. The number of rotatable bonds is 1. The van der Waals surface area contributed by atoms with Crippen molar-refractivity contribution >= 4 is 23.6 Å². The quantitative estimate of drug-likeness (QED) is 0.438. The minimum atomic E-state index is 0.726. The molecule has 0 aromatic heterocycles. The summed E-state index contributed by atoms with van der Waals surface area (Å²) in [7, 11) is 0. The smallest absolute Gasteiger partial charge is 0.186 e. The van der Waals surface area contributed by atoms with Gasteiger partial charge in [-0.15, -0.1) is 0 Å². The van der Waals surface area contributed by atoms with E-state index in [1.54, 1.807) is 0 Å². The maximum atomic E-state index is 4.24. The average molecular weight is 170 g/mol. The molecule has 0 heterocycles. The van der Waals surface area contributed by atoms with Crippen LogP contribution in [0.4, 0.5) is 0 Å². The molecule has 0 rings (SSSR count). The van der Waals surface area contributed by atoms with E-state index in [1.807, 2.05) is 27.0 Å². The molecule has 0 aliphatic carbocycles. The summed E-state index contributed by atoms with van der Waals surface area (Å²) < 4.78 is 0. The predicted molar refractivity (Wildman–Crippen MR) is 54.5 cm³/mol. The SMILES string of the molecule is C=NC(=NC(C)=C(C)C)SC. The Labute approximate surface area is 72.5 Å². The molecular weight excluding hydrogens is 156 g/mol. The minimum absolute atomic E-state index is 0.726. The van der Waals surface area contributed by atoms with E-state index in [4.69, 9.17) is 0 Å². The zero-order chi connectivity index (χ0) is 8.85. The lowest BCUT2D eigenvalue weighted by Crippen LogP contribution is -1.86. The Morgan fingerprint density at radius 1 is 1.27 bits per heavy atom. The van der Waals surface area contributed by atoms with Crippen LogP contribution in [0.15, 0.2) is 21.3 Å². The van der Waals surface area contributed by atoms with Crippen molar-refractivity contribution < 1.29 is 0 Å². The third-order valence-corrected chi connectivity index (χ3v) is 1.89.